The summed E-state index contributed by atoms with van der Waals surface area (Å²) in [5.74, 6) is 0.663. The molecule has 11 heteroatoms. The molecule has 0 fully saturated rings. The lowest BCUT2D eigenvalue weighted by atomic mass is 10.2. The molecule has 1 aromatic rings. The van der Waals surface area contributed by atoms with Crippen molar-refractivity contribution in [1.82, 2.24) is 14.9 Å². The van der Waals surface area contributed by atoms with E-state index in [0.29, 0.717) is 18.9 Å². The SMILES string of the molecule is CN=C(NCc1ccc(S(=O)(=O)N(C)C(C)C)cc1)NC(C)CCS(C)(=O)=O.I. The summed E-state index contributed by atoms with van der Waals surface area (Å²) < 4.78 is 48.8. The standard InChI is InChI=1S/C18H32N4O4S2.HI/c1-14(2)22(5)28(25,26)17-9-7-16(8-10-17)13-20-18(19-4)21-15(3)11-12-27(6,23)24;/h7-10,14-15H,11-13H2,1-6H3,(H2,19,20,21);1H. The second-order valence-electron chi connectivity index (χ2n) is 7.15. The number of halogens is 1. The van der Waals surface area contributed by atoms with Crippen LogP contribution in [-0.4, -0.2) is 65.3 Å². The molecule has 29 heavy (non-hydrogen) atoms. The maximum atomic E-state index is 12.5. The zero-order chi connectivity index (χ0) is 21.5. The van der Waals surface area contributed by atoms with Crippen LogP contribution < -0.4 is 10.6 Å². The van der Waals surface area contributed by atoms with Crippen molar-refractivity contribution in [2.24, 2.45) is 4.99 Å². The number of guanidine groups is 1. The van der Waals surface area contributed by atoms with Gasteiger partial charge < -0.3 is 10.6 Å². The first-order valence-electron chi connectivity index (χ1n) is 9.08. The maximum absolute atomic E-state index is 12.5. The Labute approximate surface area is 192 Å². The van der Waals surface area contributed by atoms with Gasteiger partial charge in [0.1, 0.15) is 9.84 Å². The normalized spacial score (nSPS) is 13.9. The highest BCUT2D eigenvalue weighted by Crippen LogP contribution is 2.17. The van der Waals surface area contributed by atoms with Crippen molar-refractivity contribution in [2.45, 2.75) is 50.7 Å². The van der Waals surface area contributed by atoms with Crippen molar-refractivity contribution >= 4 is 49.8 Å². The summed E-state index contributed by atoms with van der Waals surface area (Å²) in [6, 6.07) is 6.53. The molecule has 0 bridgehead atoms. The lowest BCUT2D eigenvalue weighted by Crippen LogP contribution is -2.42. The van der Waals surface area contributed by atoms with E-state index in [0.717, 1.165) is 5.56 Å². The van der Waals surface area contributed by atoms with Crippen molar-refractivity contribution in [2.75, 3.05) is 26.1 Å². The van der Waals surface area contributed by atoms with Crippen LogP contribution in [0, 0.1) is 0 Å². The first-order valence-corrected chi connectivity index (χ1v) is 12.6. The topological polar surface area (TPSA) is 108 Å². The van der Waals surface area contributed by atoms with E-state index in [4.69, 9.17) is 0 Å². The number of benzene rings is 1. The molecule has 0 saturated heterocycles. The van der Waals surface area contributed by atoms with E-state index in [9.17, 15) is 16.8 Å². The van der Waals surface area contributed by atoms with E-state index < -0.39 is 19.9 Å². The van der Waals surface area contributed by atoms with Crippen LogP contribution >= 0.6 is 24.0 Å². The van der Waals surface area contributed by atoms with Crippen molar-refractivity contribution in [1.29, 1.82) is 0 Å². The molecule has 0 amide bonds. The Kier molecular flexibility index (Phi) is 11.7. The summed E-state index contributed by atoms with van der Waals surface area (Å²) in [6.45, 7) is 6.00. The van der Waals surface area contributed by atoms with Gasteiger partial charge in [-0.25, -0.2) is 16.8 Å². The van der Waals surface area contributed by atoms with E-state index in [1.165, 1.54) is 10.6 Å². The lowest BCUT2D eigenvalue weighted by molar-refractivity contribution is 0.410. The average molecular weight is 561 g/mol. The van der Waals surface area contributed by atoms with Gasteiger partial charge in [-0.15, -0.1) is 24.0 Å². The van der Waals surface area contributed by atoms with Gasteiger partial charge >= 0.3 is 0 Å². The Balaban J connectivity index is 0.00000784. The summed E-state index contributed by atoms with van der Waals surface area (Å²) in [5, 5.41) is 6.29. The Morgan fingerprint density at radius 1 is 1.10 bits per heavy atom. The van der Waals surface area contributed by atoms with Crippen LogP contribution in [0.3, 0.4) is 0 Å². The summed E-state index contributed by atoms with van der Waals surface area (Å²) in [4.78, 5) is 4.38. The Bertz CT molecular complexity index is 870. The zero-order valence-electron chi connectivity index (χ0n) is 17.8. The molecular weight excluding hydrogens is 527 g/mol. The predicted octanol–water partition coefficient (Wildman–Crippen LogP) is 1.82. The average Bonchev–Trinajstić information content (AvgIpc) is 2.62. The van der Waals surface area contributed by atoms with E-state index in [1.54, 1.807) is 38.4 Å². The Morgan fingerprint density at radius 2 is 1.66 bits per heavy atom. The largest absolute Gasteiger partial charge is 0.354 e. The molecular formula is C18H33IN4O4S2. The molecule has 0 radical (unpaired) electrons. The summed E-state index contributed by atoms with van der Waals surface area (Å²) >= 11 is 0. The van der Waals surface area contributed by atoms with Crippen LogP contribution in [0.5, 0.6) is 0 Å². The molecule has 0 heterocycles. The molecule has 0 aliphatic heterocycles. The minimum Gasteiger partial charge on any atom is -0.354 e. The van der Waals surface area contributed by atoms with E-state index in [-0.39, 0.29) is 46.7 Å². The highest BCUT2D eigenvalue weighted by atomic mass is 127. The van der Waals surface area contributed by atoms with Crippen LogP contribution in [0.4, 0.5) is 0 Å². The lowest BCUT2D eigenvalue weighted by Gasteiger charge is -2.21. The first kappa shape index (κ1) is 28.1. The van der Waals surface area contributed by atoms with Crippen molar-refractivity contribution < 1.29 is 16.8 Å². The quantitative estimate of drug-likeness (QED) is 0.271. The Morgan fingerprint density at radius 3 is 2.10 bits per heavy atom. The molecule has 168 valence electrons. The first-order chi connectivity index (χ1) is 12.9. The minimum absolute atomic E-state index is 0. The van der Waals surface area contributed by atoms with Crippen LogP contribution in [0.15, 0.2) is 34.2 Å². The number of nitrogens with one attached hydrogen (secondary N) is 2. The van der Waals surface area contributed by atoms with Gasteiger partial charge in [0.15, 0.2) is 5.96 Å². The van der Waals surface area contributed by atoms with Gasteiger partial charge in [0.05, 0.1) is 10.6 Å². The van der Waals surface area contributed by atoms with Gasteiger partial charge in [0.25, 0.3) is 0 Å². The molecule has 1 rings (SSSR count). The fraction of sp³-hybridized carbons (Fsp3) is 0.611. The van der Waals surface area contributed by atoms with Gasteiger partial charge in [-0.3, -0.25) is 4.99 Å². The monoisotopic (exact) mass is 560 g/mol. The smallest absolute Gasteiger partial charge is 0.243 e. The second kappa shape index (κ2) is 12.1. The Hall–Kier alpha value is -0.920. The molecule has 0 saturated carbocycles. The minimum atomic E-state index is -3.50. The number of sulfonamides is 1. The third-order valence-corrected chi connectivity index (χ3v) is 7.34. The third-order valence-electron chi connectivity index (χ3n) is 4.32. The molecule has 0 aromatic heterocycles. The molecule has 0 aliphatic rings. The summed E-state index contributed by atoms with van der Waals surface area (Å²) in [7, 11) is -3.29. The van der Waals surface area contributed by atoms with Crippen molar-refractivity contribution in [3.05, 3.63) is 29.8 Å². The second-order valence-corrected chi connectivity index (χ2v) is 11.4. The van der Waals surface area contributed by atoms with Crippen LogP contribution in [-0.2, 0) is 26.4 Å². The number of hydrogen-bond acceptors (Lipinski definition) is 5. The number of rotatable bonds is 9. The predicted molar refractivity (Wildman–Crippen MR) is 129 cm³/mol. The molecule has 8 nitrogen and oxygen atoms in total. The number of nitrogens with zero attached hydrogens (tertiary/aromatic N) is 2. The molecule has 0 spiro atoms. The molecule has 1 aromatic carbocycles. The van der Waals surface area contributed by atoms with Gasteiger partial charge in [-0.2, -0.15) is 4.31 Å². The summed E-state index contributed by atoms with van der Waals surface area (Å²) in [6.07, 6.45) is 1.70. The van der Waals surface area contributed by atoms with E-state index >= 15 is 0 Å². The van der Waals surface area contributed by atoms with Gasteiger partial charge in [-0.05, 0) is 44.9 Å². The van der Waals surface area contributed by atoms with Gasteiger partial charge in [0, 0.05) is 39.0 Å². The number of sulfone groups is 1. The van der Waals surface area contributed by atoms with Crippen LogP contribution in [0.25, 0.3) is 0 Å². The summed E-state index contributed by atoms with van der Waals surface area (Å²) in [5.41, 5.74) is 0.901. The van der Waals surface area contributed by atoms with Crippen LogP contribution in [0.2, 0.25) is 0 Å². The molecule has 2 N–H and O–H groups in total. The fourth-order valence-electron chi connectivity index (χ4n) is 2.30. The third kappa shape index (κ3) is 9.62. The fourth-order valence-corrected chi connectivity index (χ4v) is 4.45. The van der Waals surface area contributed by atoms with E-state index in [2.05, 4.69) is 15.6 Å². The van der Waals surface area contributed by atoms with Gasteiger partial charge in [0.2, 0.25) is 10.0 Å². The number of aliphatic imine (C=N–C) groups is 1. The van der Waals surface area contributed by atoms with E-state index in [1.807, 2.05) is 20.8 Å². The maximum Gasteiger partial charge on any atom is 0.243 e. The van der Waals surface area contributed by atoms with Crippen LogP contribution in [0.1, 0.15) is 32.8 Å². The number of hydrogen-bond donors (Lipinski definition) is 2. The molecule has 1 atom stereocenters. The van der Waals surface area contributed by atoms with Crippen molar-refractivity contribution in [3.63, 3.8) is 0 Å². The van der Waals surface area contributed by atoms with Gasteiger partial charge in [-0.1, -0.05) is 12.1 Å². The zero-order valence-corrected chi connectivity index (χ0v) is 21.8. The molecule has 0 aliphatic carbocycles. The molecule has 1 unspecified atom stereocenters. The highest BCUT2D eigenvalue weighted by molar-refractivity contribution is 14.0. The van der Waals surface area contributed by atoms with Crippen molar-refractivity contribution in [3.8, 4) is 0 Å². The highest BCUT2D eigenvalue weighted by Gasteiger charge is 2.22.